The maximum atomic E-state index is 5.56. The molecular weight excluding hydrogens is 310 g/mol. The average molecular weight is 328 g/mol. The Morgan fingerprint density at radius 3 is 2.84 bits per heavy atom. The predicted octanol–water partition coefficient (Wildman–Crippen LogP) is 2.84. The first kappa shape index (κ1) is 13.2. The number of fused-ring (bicyclic) bond motifs is 1. The molecule has 1 unspecified atom stereocenters. The molecule has 2 aliphatic heterocycles. The second-order valence-corrected chi connectivity index (χ2v) is 6.22. The molecule has 1 saturated heterocycles. The van der Waals surface area contributed by atoms with Crippen LogP contribution in [0, 0.1) is 0 Å². The molecule has 2 heterocycles. The van der Waals surface area contributed by atoms with Gasteiger partial charge >= 0.3 is 0 Å². The van der Waals surface area contributed by atoms with Crippen LogP contribution in [0.15, 0.2) is 16.6 Å². The molecule has 4 nitrogen and oxygen atoms in total. The lowest BCUT2D eigenvalue weighted by Gasteiger charge is -2.34. The first-order valence-electron chi connectivity index (χ1n) is 6.57. The Kier molecular flexibility index (Phi) is 3.69. The number of hydrogen-bond acceptors (Lipinski definition) is 4. The first-order chi connectivity index (χ1) is 9.16. The SMILES string of the molecule is CC1(NCc2cc3c(cc2Br)OCO3)CCCOC1. The maximum absolute atomic E-state index is 5.56. The molecule has 1 fully saturated rings. The monoisotopic (exact) mass is 327 g/mol. The van der Waals surface area contributed by atoms with Crippen molar-refractivity contribution in [1.82, 2.24) is 5.32 Å². The topological polar surface area (TPSA) is 39.7 Å². The highest BCUT2D eigenvalue weighted by Crippen LogP contribution is 2.37. The minimum atomic E-state index is 0.0636. The van der Waals surface area contributed by atoms with Gasteiger partial charge in [0.05, 0.1) is 6.61 Å². The Morgan fingerprint density at radius 1 is 1.32 bits per heavy atom. The Bertz CT molecular complexity index is 472. The summed E-state index contributed by atoms with van der Waals surface area (Å²) in [5, 5.41) is 3.59. The van der Waals surface area contributed by atoms with Gasteiger partial charge in [-0.15, -0.1) is 0 Å². The summed E-state index contributed by atoms with van der Waals surface area (Å²) in [5.41, 5.74) is 1.24. The molecule has 5 heteroatoms. The molecule has 1 atom stereocenters. The van der Waals surface area contributed by atoms with Gasteiger partial charge in [0.25, 0.3) is 0 Å². The van der Waals surface area contributed by atoms with Gasteiger partial charge in [-0.05, 0) is 37.5 Å². The summed E-state index contributed by atoms with van der Waals surface area (Å²) in [6.45, 7) is 4.97. The third-order valence-corrected chi connectivity index (χ3v) is 4.42. The fourth-order valence-electron chi connectivity index (χ4n) is 2.48. The average Bonchev–Trinajstić information content (AvgIpc) is 2.84. The lowest BCUT2D eigenvalue weighted by Crippen LogP contribution is -2.48. The minimum Gasteiger partial charge on any atom is -0.454 e. The summed E-state index contributed by atoms with van der Waals surface area (Å²) >= 11 is 3.59. The van der Waals surface area contributed by atoms with Crippen molar-refractivity contribution in [3.05, 3.63) is 22.2 Å². The van der Waals surface area contributed by atoms with E-state index in [4.69, 9.17) is 14.2 Å². The Balaban J connectivity index is 1.69. The molecule has 0 bridgehead atoms. The molecule has 1 aromatic rings. The van der Waals surface area contributed by atoms with Gasteiger partial charge in [-0.25, -0.2) is 0 Å². The Morgan fingerprint density at radius 2 is 2.11 bits per heavy atom. The quantitative estimate of drug-likeness (QED) is 0.926. The molecule has 0 amide bonds. The molecule has 104 valence electrons. The van der Waals surface area contributed by atoms with E-state index in [0.29, 0.717) is 6.79 Å². The summed E-state index contributed by atoms with van der Waals surface area (Å²) in [5.74, 6) is 1.63. The largest absolute Gasteiger partial charge is 0.454 e. The van der Waals surface area contributed by atoms with E-state index >= 15 is 0 Å². The Labute approximate surface area is 121 Å². The number of halogens is 1. The number of nitrogens with one attached hydrogen (secondary N) is 1. The summed E-state index contributed by atoms with van der Waals surface area (Å²) in [6, 6.07) is 4.01. The van der Waals surface area contributed by atoms with Gasteiger partial charge in [-0.1, -0.05) is 15.9 Å². The highest BCUT2D eigenvalue weighted by Gasteiger charge is 2.27. The van der Waals surface area contributed by atoms with Crippen LogP contribution in [0.2, 0.25) is 0 Å². The maximum Gasteiger partial charge on any atom is 0.231 e. The summed E-state index contributed by atoms with van der Waals surface area (Å²) in [7, 11) is 0. The molecule has 3 rings (SSSR count). The number of ether oxygens (including phenoxy) is 3. The fourth-order valence-corrected chi connectivity index (χ4v) is 2.94. The van der Waals surface area contributed by atoms with Crippen molar-refractivity contribution in [3.8, 4) is 11.5 Å². The fraction of sp³-hybridized carbons (Fsp3) is 0.571. The summed E-state index contributed by atoms with van der Waals surface area (Å²) in [4.78, 5) is 0. The minimum absolute atomic E-state index is 0.0636. The first-order valence-corrected chi connectivity index (χ1v) is 7.36. The van der Waals surface area contributed by atoms with Gasteiger partial charge in [0.1, 0.15) is 0 Å². The zero-order valence-corrected chi connectivity index (χ0v) is 12.6. The van der Waals surface area contributed by atoms with Crippen molar-refractivity contribution in [2.45, 2.75) is 31.8 Å². The van der Waals surface area contributed by atoms with E-state index in [9.17, 15) is 0 Å². The molecule has 1 aromatic carbocycles. The molecule has 0 radical (unpaired) electrons. The molecule has 1 N–H and O–H groups in total. The van der Waals surface area contributed by atoms with E-state index in [2.05, 4.69) is 28.2 Å². The second-order valence-electron chi connectivity index (χ2n) is 5.37. The van der Waals surface area contributed by atoms with Crippen LogP contribution in [0.5, 0.6) is 11.5 Å². The third kappa shape index (κ3) is 2.88. The molecule has 0 aromatic heterocycles. The lowest BCUT2D eigenvalue weighted by atomic mass is 9.94. The van der Waals surface area contributed by atoms with Gasteiger partial charge in [0.2, 0.25) is 6.79 Å². The molecule has 2 aliphatic rings. The number of hydrogen-bond donors (Lipinski definition) is 1. The molecule has 0 spiro atoms. The van der Waals surface area contributed by atoms with E-state index in [1.807, 2.05) is 12.1 Å². The van der Waals surface area contributed by atoms with Gasteiger partial charge in [-0.2, -0.15) is 0 Å². The van der Waals surface area contributed by atoms with Crippen LogP contribution in [-0.4, -0.2) is 25.5 Å². The van der Waals surface area contributed by atoms with Crippen LogP contribution >= 0.6 is 15.9 Å². The van der Waals surface area contributed by atoms with Crippen LogP contribution < -0.4 is 14.8 Å². The molecular formula is C14H18BrNO3. The third-order valence-electron chi connectivity index (χ3n) is 3.69. The Hall–Kier alpha value is -0.780. The van der Waals surface area contributed by atoms with E-state index in [0.717, 1.165) is 48.6 Å². The summed E-state index contributed by atoms with van der Waals surface area (Å²) < 4.78 is 17.4. The smallest absolute Gasteiger partial charge is 0.231 e. The van der Waals surface area contributed by atoms with Crippen molar-refractivity contribution in [3.63, 3.8) is 0 Å². The molecule has 0 aliphatic carbocycles. The molecule has 0 saturated carbocycles. The van der Waals surface area contributed by atoms with Crippen molar-refractivity contribution in [2.24, 2.45) is 0 Å². The second kappa shape index (κ2) is 5.31. The van der Waals surface area contributed by atoms with Crippen molar-refractivity contribution in [1.29, 1.82) is 0 Å². The number of benzene rings is 1. The van der Waals surface area contributed by atoms with Gasteiger partial charge in [0.15, 0.2) is 11.5 Å². The summed E-state index contributed by atoms with van der Waals surface area (Å²) in [6.07, 6.45) is 2.26. The van der Waals surface area contributed by atoms with Crippen LogP contribution in [0.4, 0.5) is 0 Å². The van der Waals surface area contributed by atoms with Crippen LogP contribution in [0.1, 0.15) is 25.3 Å². The zero-order valence-electron chi connectivity index (χ0n) is 11.0. The van der Waals surface area contributed by atoms with Gasteiger partial charge in [0, 0.05) is 23.2 Å². The molecule has 19 heavy (non-hydrogen) atoms. The van der Waals surface area contributed by atoms with E-state index in [1.54, 1.807) is 0 Å². The zero-order chi connectivity index (χ0) is 13.3. The van der Waals surface area contributed by atoms with Crippen LogP contribution in [-0.2, 0) is 11.3 Å². The number of rotatable bonds is 3. The standard InChI is InChI=1S/C14H18BrNO3/c1-14(3-2-4-17-8-14)16-7-10-5-12-13(6-11(10)15)19-9-18-12/h5-6,16H,2-4,7-9H2,1H3. The van der Waals surface area contributed by atoms with Gasteiger partial charge in [-0.3, -0.25) is 0 Å². The van der Waals surface area contributed by atoms with Crippen molar-refractivity contribution < 1.29 is 14.2 Å². The highest BCUT2D eigenvalue weighted by molar-refractivity contribution is 9.10. The van der Waals surface area contributed by atoms with E-state index < -0.39 is 0 Å². The predicted molar refractivity (Wildman–Crippen MR) is 75.6 cm³/mol. The highest BCUT2D eigenvalue weighted by atomic mass is 79.9. The van der Waals surface area contributed by atoms with Crippen molar-refractivity contribution in [2.75, 3.05) is 20.0 Å². The van der Waals surface area contributed by atoms with E-state index in [-0.39, 0.29) is 5.54 Å². The van der Waals surface area contributed by atoms with Crippen LogP contribution in [0.25, 0.3) is 0 Å². The van der Waals surface area contributed by atoms with Crippen LogP contribution in [0.3, 0.4) is 0 Å². The van der Waals surface area contributed by atoms with E-state index in [1.165, 1.54) is 5.56 Å². The normalized spacial score (nSPS) is 25.6. The van der Waals surface area contributed by atoms with Gasteiger partial charge < -0.3 is 19.5 Å². The lowest BCUT2D eigenvalue weighted by molar-refractivity contribution is 0.0277. The van der Waals surface area contributed by atoms with Crippen molar-refractivity contribution >= 4 is 15.9 Å².